The molecule has 0 amide bonds. The zero-order valence-corrected chi connectivity index (χ0v) is 12.3. The Kier molecular flexibility index (Phi) is 8.26. The molecule has 3 nitrogen and oxygen atoms in total. The molecule has 1 aromatic carbocycles. The van der Waals surface area contributed by atoms with Gasteiger partial charge in [-0.15, -0.1) is 0 Å². The summed E-state index contributed by atoms with van der Waals surface area (Å²) in [5, 5.41) is 0. The summed E-state index contributed by atoms with van der Waals surface area (Å²) in [6, 6.07) is 6.21. The Balaban J connectivity index is 2.00. The van der Waals surface area contributed by atoms with Crippen molar-refractivity contribution in [2.75, 3.05) is 26.4 Å². The molecule has 0 unspecified atom stereocenters. The van der Waals surface area contributed by atoms with Crippen molar-refractivity contribution in [2.24, 2.45) is 5.73 Å². The smallest absolute Gasteiger partial charge is 0.119 e. The Hall–Kier alpha value is -1.06. The molecule has 0 aliphatic rings. The van der Waals surface area contributed by atoms with Crippen molar-refractivity contribution in [3.05, 3.63) is 29.3 Å². The lowest BCUT2D eigenvalue weighted by Crippen LogP contribution is -2.05. The van der Waals surface area contributed by atoms with Crippen LogP contribution in [0.5, 0.6) is 5.75 Å². The van der Waals surface area contributed by atoms with E-state index in [4.69, 9.17) is 15.2 Å². The van der Waals surface area contributed by atoms with Crippen molar-refractivity contribution in [3.63, 3.8) is 0 Å². The van der Waals surface area contributed by atoms with Gasteiger partial charge < -0.3 is 15.2 Å². The van der Waals surface area contributed by atoms with E-state index in [1.807, 2.05) is 6.07 Å². The third kappa shape index (κ3) is 7.19. The van der Waals surface area contributed by atoms with Crippen LogP contribution in [0, 0.1) is 13.8 Å². The van der Waals surface area contributed by atoms with Crippen LogP contribution in [0.3, 0.4) is 0 Å². The molecule has 0 radical (unpaired) electrons. The van der Waals surface area contributed by atoms with Gasteiger partial charge in [-0.1, -0.05) is 6.07 Å². The summed E-state index contributed by atoms with van der Waals surface area (Å²) < 4.78 is 11.2. The topological polar surface area (TPSA) is 44.5 Å². The highest BCUT2D eigenvalue weighted by Gasteiger charge is 1.97. The lowest BCUT2D eigenvalue weighted by molar-refractivity contribution is 0.116. The Bertz CT molecular complexity index is 353. The van der Waals surface area contributed by atoms with Gasteiger partial charge in [0.25, 0.3) is 0 Å². The fourth-order valence-electron chi connectivity index (χ4n) is 1.78. The van der Waals surface area contributed by atoms with Crippen LogP contribution in [0.15, 0.2) is 18.2 Å². The molecule has 0 heterocycles. The molecule has 3 heteroatoms. The molecule has 19 heavy (non-hydrogen) atoms. The van der Waals surface area contributed by atoms with Gasteiger partial charge in [-0.3, -0.25) is 0 Å². The molecular formula is C16H27NO2. The number of aryl methyl sites for hydroxylation is 2. The second-order valence-corrected chi connectivity index (χ2v) is 4.91. The average molecular weight is 265 g/mol. The summed E-state index contributed by atoms with van der Waals surface area (Å²) in [6.45, 7) is 7.32. The van der Waals surface area contributed by atoms with E-state index in [0.717, 1.165) is 51.2 Å². The molecule has 0 aliphatic heterocycles. The van der Waals surface area contributed by atoms with Gasteiger partial charge >= 0.3 is 0 Å². The number of hydrogen-bond donors (Lipinski definition) is 1. The first-order chi connectivity index (χ1) is 9.24. The Morgan fingerprint density at radius 3 is 2.42 bits per heavy atom. The highest BCUT2D eigenvalue weighted by molar-refractivity contribution is 5.33. The van der Waals surface area contributed by atoms with Crippen LogP contribution in [-0.2, 0) is 4.74 Å². The van der Waals surface area contributed by atoms with E-state index in [2.05, 4.69) is 26.0 Å². The van der Waals surface area contributed by atoms with E-state index in [0.29, 0.717) is 6.61 Å². The van der Waals surface area contributed by atoms with Gasteiger partial charge in [-0.05, 0) is 62.9 Å². The van der Waals surface area contributed by atoms with Crippen LogP contribution in [-0.4, -0.2) is 26.4 Å². The van der Waals surface area contributed by atoms with Gasteiger partial charge in [0, 0.05) is 19.6 Å². The Morgan fingerprint density at radius 1 is 0.895 bits per heavy atom. The molecule has 0 saturated carbocycles. The minimum atomic E-state index is 0.714. The first-order valence-electron chi connectivity index (χ1n) is 7.22. The first-order valence-corrected chi connectivity index (χ1v) is 7.22. The van der Waals surface area contributed by atoms with E-state index < -0.39 is 0 Å². The van der Waals surface area contributed by atoms with E-state index in [9.17, 15) is 0 Å². The summed E-state index contributed by atoms with van der Waals surface area (Å²) in [7, 11) is 0. The number of unbranched alkanes of at least 4 members (excludes halogenated alkanes) is 2. The van der Waals surface area contributed by atoms with Crippen molar-refractivity contribution >= 4 is 0 Å². The highest BCUT2D eigenvalue weighted by atomic mass is 16.5. The first kappa shape index (κ1) is 16.0. The zero-order chi connectivity index (χ0) is 13.9. The van der Waals surface area contributed by atoms with Crippen LogP contribution in [0.25, 0.3) is 0 Å². The monoisotopic (exact) mass is 265 g/mol. The van der Waals surface area contributed by atoms with Gasteiger partial charge in [0.05, 0.1) is 6.61 Å². The van der Waals surface area contributed by atoms with Crippen LogP contribution in [0.1, 0.15) is 36.8 Å². The minimum absolute atomic E-state index is 0.714. The fourth-order valence-corrected chi connectivity index (χ4v) is 1.78. The summed E-state index contributed by atoms with van der Waals surface area (Å²) in [4.78, 5) is 0. The maximum Gasteiger partial charge on any atom is 0.119 e. The molecule has 0 spiro atoms. The SMILES string of the molecule is Cc1ccc(OCCCOCCCCCN)cc1C. The van der Waals surface area contributed by atoms with Crippen LogP contribution < -0.4 is 10.5 Å². The predicted molar refractivity (Wildman–Crippen MR) is 79.8 cm³/mol. The van der Waals surface area contributed by atoms with Crippen LogP contribution in [0.2, 0.25) is 0 Å². The van der Waals surface area contributed by atoms with Crippen molar-refractivity contribution in [1.29, 1.82) is 0 Å². The largest absolute Gasteiger partial charge is 0.493 e. The van der Waals surface area contributed by atoms with Crippen molar-refractivity contribution in [2.45, 2.75) is 39.5 Å². The van der Waals surface area contributed by atoms with E-state index in [-0.39, 0.29) is 0 Å². The molecule has 1 aromatic rings. The second kappa shape index (κ2) is 9.82. The molecule has 2 N–H and O–H groups in total. The predicted octanol–water partition coefficient (Wildman–Crippen LogP) is 3.22. The van der Waals surface area contributed by atoms with Gasteiger partial charge in [0.2, 0.25) is 0 Å². The number of ether oxygens (including phenoxy) is 2. The van der Waals surface area contributed by atoms with Gasteiger partial charge in [-0.2, -0.15) is 0 Å². The standard InChI is InChI=1S/C16H27NO2/c1-14-7-8-16(13-15(14)2)19-12-6-11-18-10-5-3-4-9-17/h7-8,13H,3-6,9-12,17H2,1-2H3. The second-order valence-electron chi connectivity index (χ2n) is 4.91. The lowest BCUT2D eigenvalue weighted by Gasteiger charge is -2.08. The zero-order valence-electron chi connectivity index (χ0n) is 12.3. The summed E-state index contributed by atoms with van der Waals surface area (Å²) in [5.41, 5.74) is 8.00. The van der Waals surface area contributed by atoms with E-state index in [1.54, 1.807) is 0 Å². The van der Waals surface area contributed by atoms with Gasteiger partial charge in [0.15, 0.2) is 0 Å². The molecule has 0 saturated heterocycles. The highest BCUT2D eigenvalue weighted by Crippen LogP contribution is 2.16. The summed E-state index contributed by atoms with van der Waals surface area (Å²) in [6.07, 6.45) is 4.30. The fraction of sp³-hybridized carbons (Fsp3) is 0.625. The maximum atomic E-state index is 5.69. The summed E-state index contributed by atoms with van der Waals surface area (Å²) in [5.74, 6) is 0.950. The Morgan fingerprint density at radius 2 is 1.68 bits per heavy atom. The van der Waals surface area contributed by atoms with Crippen molar-refractivity contribution in [3.8, 4) is 5.75 Å². The molecule has 0 atom stereocenters. The van der Waals surface area contributed by atoms with Gasteiger partial charge in [-0.25, -0.2) is 0 Å². The van der Waals surface area contributed by atoms with Gasteiger partial charge in [0.1, 0.15) is 5.75 Å². The Labute approximate surface area is 117 Å². The number of nitrogens with two attached hydrogens (primary N) is 1. The maximum absolute atomic E-state index is 5.69. The minimum Gasteiger partial charge on any atom is -0.493 e. The van der Waals surface area contributed by atoms with Crippen molar-refractivity contribution < 1.29 is 9.47 Å². The molecular weight excluding hydrogens is 238 g/mol. The third-order valence-electron chi connectivity index (χ3n) is 3.17. The molecule has 1 rings (SSSR count). The quantitative estimate of drug-likeness (QED) is 0.661. The molecule has 0 aromatic heterocycles. The molecule has 0 bridgehead atoms. The number of hydrogen-bond acceptors (Lipinski definition) is 3. The molecule has 0 fully saturated rings. The van der Waals surface area contributed by atoms with E-state index >= 15 is 0 Å². The average Bonchev–Trinajstić information content (AvgIpc) is 2.41. The van der Waals surface area contributed by atoms with E-state index in [1.165, 1.54) is 11.1 Å². The number of benzene rings is 1. The van der Waals surface area contributed by atoms with Crippen molar-refractivity contribution in [1.82, 2.24) is 0 Å². The molecule has 0 aliphatic carbocycles. The molecule has 108 valence electrons. The lowest BCUT2D eigenvalue weighted by atomic mass is 10.1. The van der Waals surface area contributed by atoms with Crippen LogP contribution >= 0.6 is 0 Å². The normalized spacial score (nSPS) is 10.7. The van der Waals surface area contributed by atoms with Crippen LogP contribution in [0.4, 0.5) is 0 Å². The third-order valence-corrected chi connectivity index (χ3v) is 3.17. The summed E-state index contributed by atoms with van der Waals surface area (Å²) >= 11 is 0. The number of rotatable bonds is 10.